The monoisotopic (exact) mass is 649 g/mol. The second-order valence-corrected chi connectivity index (χ2v) is 13.2. The van der Waals surface area contributed by atoms with Crippen LogP contribution in [-0.4, -0.2) is 81.4 Å². The number of fused-ring (bicyclic) bond motifs is 3. The fourth-order valence-corrected chi connectivity index (χ4v) is 8.08. The summed E-state index contributed by atoms with van der Waals surface area (Å²) in [4.78, 5) is 17.3. The maximum absolute atomic E-state index is 16.8. The Bertz CT molecular complexity index is 1920. The minimum absolute atomic E-state index is 0.0532. The predicted molar refractivity (Wildman–Crippen MR) is 170 cm³/mol. The van der Waals surface area contributed by atoms with Crippen molar-refractivity contribution in [1.82, 2.24) is 19.9 Å². The lowest BCUT2D eigenvalue weighted by Gasteiger charge is -2.44. The van der Waals surface area contributed by atoms with E-state index in [-0.39, 0.29) is 75.5 Å². The van der Waals surface area contributed by atoms with Gasteiger partial charge in [0.05, 0.1) is 24.1 Å². The van der Waals surface area contributed by atoms with Crippen molar-refractivity contribution in [3.63, 3.8) is 0 Å². The van der Waals surface area contributed by atoms with E-state index in [0.717, 1.165) is 38.6 Å². The molecule has 0 bridgehead atoms. The number of benzene rings is 2. The van der Waals surface area contributed by atoms with Crippen molar-refractivity contribution in [2.24, 2.45) is 5.41 Å². The van der Waals surface area contributed by atoms with E-state index in [1.807, 2.05) is 0 Å². The van der Waals surface area contributed by atoms with Gasteiger partial charge >= 0.3 is 6.01 Å². The molecule has 1 saturated carbocycles. The van der Waals surface area contributed by atoms with E-state index in [9.17, 15) is 23.4 Å². The molecule has 3 unspecified atom stereocenters. The van der Waals surface area contributed by atoms with Gasteiger partial charge in [0, 0.05) is 35.1 Å². The van der Waals surface area contributed by atoms with Crippen molar-refractivity contribution in [3.05, 3.63) is 47.7 Å². The molecule has 8 nitrogen and oxygen atoms in total. The molecular formula is C35H35F4N5O3. The molecule has 4 heterocycles. The van der Waals surface area contributed by atoms with Gasteiger partial charge in [0.25, 0.3) is 6.43 Å². The van der Waals surface area contributed by atoms with Crippen LogP contribution in [0, 0.1) is 29.4 Å². The quantitative estimate of drug-likeness (QED) is 0.193. The van der Waals surface area contributed by atoms with E-state index in [0.29, 0.717) is 18.0 Å². The van der Waals surface area contributed by atoms with Gasteiger partial charge in [0.2, 0.25) is 0 Å². The van der Waals surface area contributed by atoms with Crippen molar-refractivity contribution >= 4 is 27.5 Å². The van der Waals surface area contributed by atoms with Gasteiger partial charge in [0.15, 0.2) is 5.82 Å². The van der Waals surface area contributed by atoms with E-state index in [4.69, 9.17) is 11.2 Å². The number of aromatic hydroxyl groups is 1. The van der Waals surface area contributed by atoms with Crippen molar-refractivity contribution < 1.29 is 32.5 Å². The number of phenols is 1. The van der Waals surface area contributed by atoms with Gasteiger partial charge in [-0.25, -0.2) is 17.6 Å². The first-order valence-corrected chi connectivity index (χ1v) is 15.9. The predicted octanol–water partition coefficient (Wildman–Crippen LogP) is 6.05. The number of halogens is 4. The van der Waals surface area contributed by atoms with Gasteiger partial charge in [0.1, 0.15) is 34.2 Å². The van der Waals surface area contributed by atoms with Crippen LogP contribution in [0.15, 0.2) is 30.5 Å². The number of nitrogens with zero attached hydrogens (tertiary/aromatic N) is 5. The number of rotatable bonds is 6. The number of aromatic nitrogens is 3. The normalized spacial score (nSPS) is 25.0. The van der Waals surface area contributed by atoms with Crippen LogP contribution in [0.5, 0.6) is 11.8 Å². The Hall–Kier alpha value is -4.21. The molecule has 3 atom stereocenters. The van der Waals surface area contributed by atoms with Crippen molar-refractivity contribution in [2.75, 3.05) is 38.2 Å². The summed E-state index contributed by atoms with van der Waals surface area (Å²) in [7, 11) is 2.11. The third-order valence-electron chi connectivity index (χ3n) is 10.4. The Morgan fingerprint density at radius 1 is 1.11 bits per heavy atom. The number of terminal acetylenes is 1. The molecule has 2 saturated heterocycles. The number of hydrogen-bond donors (Lipinski definition) is 2. The van der Waals surface area contributed by atoms with Crippen LogP contribution in [0.4, 0.5) is 23.4 Å². The minimum atomic E-state index is -3.00. The minimum Gasteiger partial charge on any atom is -0.508 e. The summed E-state index contributed by atoms with van der Waals surface area (Å²) in [5, 5.41) is 21.9. The number of pyridine rings is 1. The van der Waals surface area contributed by atoms with Crippen LogP contribution in [0.3, 0.4) is 0 Å². The molecule has 0 spiro atoms. The van der Waals surface area contributed by atoms with Gasteiger partial charge in [-0.3, -0.25) is 4.98 Å². The Labute approximate surface area is 269 Å². The first-order valence-electron chi connectivity index (χ1n) is 15.9. The van der Waals surface area contributed by atoms with Gasteiger partial charge in [-0.15, -0.1) is 6.42 Å². The lowest BCUT2D eigenvalue weighted by Crippen LogP contribution is -2.53. The summed E-state index contributed by atoms with van der Waals surface area (Å²) in [5.74, 6) is 0.621. The van der Waals surface area contributed by atoms with E-state index >= 15 is 4.39 Å². The zero-order chi connectivity index (χ0) is 33.1. The molecule has 3 fully saturated rings. The largest absolute Gasteiger partial charge is 0.508 e. The average Bonchev–Trinajstić information content (AvgIpc) is 3.49. The number of aliphatic hydroxyl groups is 1. The standard InChI is InChI=1S/C35H35F4N5O3/c1-3-22-25(36)9-8-20-15-21(45)16-23(27(20)22)29-28(37)30-24(17-40-29)31(44-14-6-12-35(46,18-44)32(38)39)42-33(41-30)47-19-34-10-4-7-26(34)43(2)13-5-11-34/h1,8-9,15-17,26,32,45-46H,4-7,10-14,18-19H2,2H3. The van der Waals surface area contributed by atoms with Crippen molar-refractivity contribution in [3.8, 4) is 35.4 Å². The number of β-amino-alcohol motifs (C(OH)–C–C–N with tert-alkyl or cyclic N) is 1. The number of hydrogen-bond acceptors (Lipinski definition) is 8. The van der Waals surface area contributed by atoms with Crippen LogP contribution in [-0.2, 0) is 0 Å². The molecule has 1 aliphatic carbocycles. The summed E-state index contributed by atoms with van der Waals surface area (Å²) in [6.07, 6.45) is 9.18. The van der Waals surface area contributed by atoms with E-state index in [1.165, 1.54) is 35.4 Å². The zero-order valence-corrected chi connectivity index (χ0v) is 25.9. The molecule has 0 radical (unpaired) electrons. The highest BCUT2D eigenvalue weighted by atomic mass is 19.3. The van der Waals surface area contributed by atoms with E-state index in [2.05, 4.69) is 32.8 Å². The van der Waals surface area contributed by atoms with Crippen LogP contribution < -0.4 is 9.64 Å². The van der Waals surface area contributed by atoms with E-state index in [1.54, 1.807) is 0 Å². The number of ether oxygens (including phenoxy) is 1. The number of alkyl halides is 2. The Balaban J connectivity index is 1.38. The highest BCUT2D eigenvalue weighted by molar-refractivity contribution is 6.03. The molecule has 0 amide bonds. The van der Waals surface area contributed by atoms with Gasteiger partial charge in [-0.05, 0) is 75.7 Å². The Morgan fingerprint density at radius 2 is 1.89 bits per heavy atom. The van der Waals surface area contributed by atoms with E-state index < -0.39 is 30.2 Å². The lowest BCUT2D eigenvalue weighted by atomic mass is 9.76. The summed E-state index contributed by atoms with van der Waals surface area (Å²) in [6, 6.07) is 5.45. The van der Waals surface area contributed by atoms with Gasteiger partial charge in [-0.2, -0.15) is 9.97 Å². The van der Waals surface area contributed by atoms with Gasteiger partial charge in [-0.1, -0.05) is 18.4 Å². The van der Waals surface area contributed by atoms with Crippen molar-refractivity contribution in [2.45, 2.75) is 63.0 Å². The molecule has 12 heteroatoms. The third kappa shape index (κ3) is 5.29. The first-order chi connectivity index (χ1) is 22.5. The average molecular weight is 650 g/mol. The highest BCUT2D eigenvalue weighted by Crippen LogP contribution is 2.48. The topological polar surface area (TPSA) is 94.8 Å². The summed E-state index contributed by atoms with van der Waals surface area (Å²) < 4.78 is 65.8. The molecule has 246 valence electrons. The fourth-order valence-electron chi connectivity index (χ4n) is 8.08. The SMILES string of the molecule is C#Cc1c(F)ccc2cc(O)cc(-c3ncc4c(N5CCCC(O)(C(F)F)C5)nc(OCC56CCCC5N(C)CCC6)nc4c3F)c12. The molecule has 47 heavy (non-hydrogen) atoms. The number of anilines is 1. The molecule has 7 rings (SSSR count). The molecule has 2 N–H and O–H groups in total. The number of piperidine rings is 2. The highest BCUT2D eigenvalue weighted by Gasteiger charge is 2.48. The van der Waals surface area contributed by atoms with Crippen LogP contribution in [0.1, 0.15) is 50.5 Å². The maximum atomic E-state index is 16.8. The second kappa shape index (κ2) is 11.8. The summed E-state index contributed by atoms with van der Waals surface area (Å²) in [6.45, 7) is 1.15. The Kier molecular flexibility index (Phi) is 7.88. The maximum Gasteiger partial charge on any atom is 0.319 e. The molecule has 2 aromatic heterocycles. The summed E-state index contributed by atoms with van der Waals surface area (Å²) >= 11 is 0. The molecule has 2 aliphatic heterocycles. The number of likely N-dealkylation sites (tertiary alicyclic amines) is 1. The van der Waals surface area contributed by atoms with Crippen LogP contribution in [0.2, 0.25) is 0 Å². The Morgan fingerprint density at radius 3 is 2.68 bits per heavy atom. The second-order valence-electron chi connectivity index (χ2n) is 13.2. The van der Waals surface area contributed by atoms with Crippen LogP contribution >= 0.6 is 0 Å². The van der Waals surface area contributed by atoms with Crippen LogP contribution in [0.25, 0.3) is 32.9 Å². The fraction of sp³-hybridized carbons (Fsp3) is 0.457. The summed E-state index contributed by atoms with van der Waals surface area (Å²) in [5.41, 5.74) is -2.91. The zero-order valence-electron chi connectivity index (χ0n) is 25.9. The molecule has 2 aromatic carbocycles. The van der Waals surface area contributed by atoms with Gasteiger partial charge < -0.3 is 24.7 Å². The molecular weight excluding hydrogens is 614 g/mol. The first kappa shape index (κ1) is 31.4. The number of phenolic OH excluding ortho intramolecular Hbond substituents is 1. The smallest absolute Gasteiger partial charge is 0.319 e. The third-order valence-corrected chi connectivity index (χ3v) is 10.4. The molecule has 4 aromatic rings. The lowest BCUT2D eigenvalue weighted by molar-refractivity contribution is -0.102. The van der Waals surface area contributed by atoms with Crippen molar-refractivity contribution in [1.29, 1.82) is 0 Å². The molecule has 3 aliphatic rings.